The third-order valence-electron chi connectivity index (χ3n) is 2.86. The van der Waals surface area contributed by atoms with Crippen LogP contribution in [-0.2, 0) is 10.0 Å². The number of sulfonamides is 1. The van der Waals surface area contributed by atoms with Crippen LogP contribution >= 0.6 is 0 Å². The van der Waals surface area contributed by atoms with E-state index in [0.29, 0.717) is 12.0 Å². The number of carbonyl (C=O) groups is 1. The number of carboxylic acid groups (broad SMARTS) is 1. The molecule has 20 heavy (non-hydrogen) atoms. The van der Waals surface area contributed by atoms with E-state index in [2.05, 4.69) is 4.72 Å². The number of rotatable bonds is 7. The Morgan fingerprint density at radius 1 is 1.40 bits per heavy atom. The Morgan fingerprint density at radius 3 is 2.60 bits per heavy atom. The van der Waals surface area contributed by atoms with Crippen LogP contribution in [0, 0.1) is 6.92 Å². The van der Waals surface area contributed by atoms with Crippen LogP contribution in [0.15, 0.2) is 23.1 Å². The summed E-state index contributed by atoms with van der Waals surface area (Å²) in [6.07, 6.45) is 0.491. The quantitative estimate of drug-likeness (QED) is 0.700. The molecule has 1 aromatic carbocycles. The van der Waals surface area contributed by atoms with Gasteiger partial charge < -0.3 is 10.2 Å². The maximum atomic E-state index is 12.1. The molecule has 1 atom stereocenters. The van der Waals surface area contributed by atoms with Crippen molar-refractivity contribution in [3.8, 4) is 0 Å². The summed E-state index contributed by atoms with van der Waals surface area (Å²) in [6.45, 7) is 3.38. The van der Waals surface area contributed by atoms with Crippen molar-refractivity contribution >= 4 is 16.0 Å². The Morgan fingerprint density at radius 2 is 2.05 bits per heavy atom. The van der Waals surface area contributed by atoms with Crippen LogP contribution in [0.2, 0.25) is 0 Å². The lowest BCUT2D eigenvalue weighted by atomic mass is 10.1. The maximum absolute atomic E-state index is 12.1. The number of benzene rings is 1. The summed E-state index contributed by atoms with van der Waals surface area (Å²) in [4.78, 5) is 10.8. The first-order chi connectivity index (χ1) is 9.27. The molecular formula is C13H19NO5S. The molecule has 0 bridgehead atoms. The van der Waals surface area contributed by atoms with Gasteiger partial charge in [0.25, 0.3) is 0 Å². The fraction of sp³-hybridized carbons (Fsp3) is 0.462. The lowest BCUT2D eigenvalue weighted by Gasteiger charge is -2.13. The molecule has 1 unspecified atom stereocenters. The Kier molecular flexibility index (Phi) is 5.67. The Bertz CT molecular complexity index is 582. The molecular weight excluding hydrogens is 282 g/mol. The lowest BCUT2D eigenvalue weighted by molar-refractivity contribution is 0.0696. The summed E-state index contributed by atoms with van der Waals surface area (Å²) in [6, 6.07) is 3.91. The van der Waals surface area contributed by atoms with E-state index in [1.54, 1.807) is 6.92 Å². The van der Waals surface area contributed by atoms with Crippen molar-refractivity contribution in [1.29, 1.82) is 0 Å². The molecule has 0 saturated carbocycles. The van der Waals surface area contributed by atoms with Gasteiger partial charge in [-0.3, -0.25) is 0 Å². The summed E-state index contributed by atoms with van der Waals surface area (Å²) < 4.78 is 26.5. The first kappa shape index (κ1) is 16.6. The Balaban J connectivity index is 2.97. The van der Waals surface area contributed by atoms with Gasteiger partial charge >= 0.3 is 5.97 Å². The standard InChI is InChI=1S/C13H19NO5S/c1-3-4-11(15)8-14-20(18,19)12-7-10(13(16)17)6-5-9(12)2/h5-7,11,14-15H,3-4,8H2,1-2H3,(H,16,17). The number of aliphatic hydroxyl groups excluding tert-OH is 1. The van der Waals surface area contributed by atoms with Crippen LogP contribution in [0.1, 0.15) is 35.7 Å². The molecule has 0 aliphatic heterocycles. The van der Waals surface area contributed by atoms with Crippen LogP contribution in [0.3, 0.4) is 0 Å². The second-order valence-corrected chi connectivity index (χ2v) is 6.32. The first-order valence-electron chi connectivity index (χ1n) is 6.29. The van der Waals surface area contributed by atoms with E-state index in [0.717, 1.165) is 12.5 Å². The topological polar surface area (TPSA) is 104 Å². The highest BCUT2D eigenvalue weighted by molar-refractivity contribution is 7.89. The second kappa shape index (κ2) is 6.83. The van der Waals surface area contributed by atoms with E-state index in [9.17, 15) is 18.3 Å². The first-order valence-corrected chi connectivity index (χ1v) is 7.78. The van der Waals surface area contributed by atoms with Crippen molar-refractivity contribution < 1.29 is 23.4 Å². The van der Waals surface area contributed by atoms with Gasteiger partial charge in [-0.1, -0.05) is 19.4 Å². The number of aliphatic hydroxyl groups is 1. The molecule has 0 spiro atoms. The predicted molar refractivity (Wildman–Crippen MR) is 74.2 cm³/mol. The van der Waals surface area contributed by atoms with Crippen LogP contribution < -0.4 is 4.72 Å². The molecule has 0 aliphatic rings. The third kappa shape index (κ3) is 4.29. The van der Waals surface area contributed by atoms with Gasteiger partial charge in [0.1, 0.15) is 0 Å². The van der Waals surface area contributed by atoms with E-state index in [-0.39, 0.29) is 17.0 Å². The van der Waals surface area contributed by atoms with Gasteiger partial charge in [-0.05, 0) is 31.0 Å². The predicted octanol–water partition coefficient (Wildman–Crippen LogP) is 1.13. The number of hydrogen-bond donors (Lipinski definition) is 3. The maximum Gasteiger partial charge on any atom is 0.335 e. The van der Waals surface area contributed by atoms with E-state index in [1.165, 1.54) is 12.1 Å². The van der Waals surface area contributed by atoms with E-state index >= 15 is 0 Å². The van der Waals surface area contributed by atoms with Crippen molar-refractivity contribution in [2.45, 2.75) is 37.7 Å². The average Bonchev–Trinajstić information content (AvgIpc) is 2.37. The molecule has 7 heteroatoms. The highest BCUT2D eigenvalue weighted by atomic mass is 32.2. The normalized spacial score (nSPS) is 13.2. The largest absolute Gasteiger partial charge is 0.478 e. The molecule has 0 aromatic heterocycles. The zero-order chi connectivity index (χ0) is 15.3. The number of hydrogen-bond acceptors (Lipinski definition) is 4. The highest BCUT2D eigenvalue weighted by Gasteiger charge is 2.19. The van der Waals surface area contributed by atoms with Crippen LogP contribution in [0.5, 0.6) is 0 Å². The van der Waals surface area contributed by atoms with Crippen molar-refractivity contribution in [1.82, 2.24) is 4.72 Å². The minimum absolute atomic E-state index is 0.0823. The van der Waals surface area contributed by atoms with Gasteiger partial charge in [-0.15, -0.1) is 0 Å². The molecule has 0 saturated heterocycles. The summed E-state index contributed by atoms with van der Waals surface area (Å²) in [5, 5.41) is 18.4. The minimum atomic E-state index is -3.83. The Labute approximate surface area is 118 Å². The molecule has 0 radical (unpaired) electrons. The number of aromatic carboxylic acids is 1. The molecule has 1 rings (SSSR count). The monoisotopic (exact) mass is 301 g/mol. The van der Waals surface area contributed by atoms with Crippen LogP contribution in [0.25, 0.3) is 0 Å². The molecule has 112 valence electrons. The average molecular weight is 301 g/mol. The minimum Gasteiger partial charge on any atom is -0.478 e. The van der Waals surface area contributed by atoms with E-state index in [1.807, 2.05) is 6.92 Å². The van der Waals surface area contributed by atoms with E-state index in [4.69, 9.17) is 5.11 Å². The highest BCUT2D eigenvalue weighted by Crippen LogP contribution is 2.17. The van der Waals surface area contributed by atoms with Crippen molar-refractivity contribution in [3.63, 3.8) is 0 Å². The van der Waals surface area contributed by atoms with Gasteiger partial charge in [-0.2, -0.15) is 0 Å². The fourth-order valence-corrected chi connectivity index (χ4v) is 3.08. The molecule has 0 fully saturated rings. The van der Waals surface area contributed by atoms with Crippen LogP contribution in [0.4, 0.5) is 0 Å². The summed E-state index contributed by atoms with van der Waals surface area (Å²) in [7, 11) is -3.83. The molecule has 0 aliphatic carbocycles. The van der Waals surface area contributed by atoms with Crippen LogP contribution in [-0.4, -0.2) is 37.2 Å². The molecule has 0 heterocycles. The smallest absolute Gasteiger partial charge is 0.335 e. The third-order valence-corrected chi connectivity index (χ3v) is 4.42. The Hall–Kier alpha value is -1.44. The molecule has 3 N–H and O–H groups in total. The van der Waals surface area contributed by atoms with Gasteiger partial charge in [0.05, 0.1) is 16.6 Å². The lowest BCUT2D eigenvalue weighted by Crippen LogP contribution is -2.32. The summed E-state index contributed by atoms with van der Waals surface area (Å²) in [5.41, 5.74) is 0.359. The summed E-state index contributed by atoms with van der Waals surface area (Å²) >= 11 is 0. The number of nitrogens with one attached hydrogen (secondary N) is 1. The SMILES string of the molecule is CCCC(O)CNS(=O)(=O)c1cc(C(=O)O)ccc1C. The fourth-order valence-electron chi connectivity index (χ4n) is 1.74. The van der Waals surface area contributed by atoms with Crippen molar-refractivity contribution in [3.05, 3.63) is 29.3 Å². The van der Waals surface area contributed by atoms with Gasteiger partial charge in [0, 0.05) is 6.54 Å². The zero-order valence-corrected chi connectivity index (χ0v) is 12.3. The van der Waals surface area contributed by atoms with Gasteiger partial charge in [0.2, 0.25) is 10.0 Å². The van der Waals surface area contributed by atoms with E-state index < -0.39 is 22.1 Å². The van der Waals surface area contributed by atoms with Crippen molar-refractivity contribution in [2.75, 3.05) is 6.54 Å². The molecule has 0 amide bonds. The summed E-state index contributed by atoms with van der Waals surface area (Å²) in [5.74, 6) is -1.19. The number of aryl methyl sites for hydroxylation is 1. The molecule has 1 aromatic rings. The second-order valence-electron chi connectivity index (χ2n) is 4.58. The number of carboxylic acids is 1. The van der Waals surface area contributed by atoms with Crippen molar-refractivity contribution in [2.24, 2.45) is 0 Å². The van der Waals surface area contributed by atoms with Gasteiger partial charge in [0.15, 0.2) is 0 Å². The molecule has 6 nitrogen and oxygen atoms in total. The zero-order valence-electron chi connectivity index (χ0n) is 11.5. The van der Waals surface area contributed by atoms with Gasteiger partial charge in [-0.25, -0.2) is 17.9 Å².